The van der Waals surface area contributed by atoms with Crippen LogP contribution in [0.4, 0.5) is 14.6 Å². The Hall–Kier alpha value is -3.49. The quantitative estimate of drug-likeness (QED) is 0.483. The second kappa shape index (κ2) is 7.33. The number of nitrogens with zero attached hydrogens (tertiary/aromatic N) is 3. The van der Waals surface area contributed by atoms with Crippen LogP contribution in [0.15, 0.2) is 30.6 Å². The third-order valence-corrected chi connectivity index (χ3v) is 5.60. The molecule has 31 heavy (non-hydrogen) atoms. The average Bonchev–Trinajstić information content (AvgIpc) is 3.13. The number of aromatic nitrogens is 4. The van der Waals surface area contributed by atoms with Crippen molar-refractivity contribution in [2.45, 2.75) is 32.9 Å². The van der Waals surface area contributed by atoms with E-state index in [1.54, 1.807) is 23.0 Å². The van der Waals surface area contributed by atoms with Gasteiger partial charge < -0.3 is 10.1 Å². The molecule has 2 unspecified atom stereocenters. The van der Waals surface area contributed by atoms with Gasteiger partial charge >= 0.3 is 0 Å². The van der Waals surface area contributed by atoms with E-state index < -0.39 is 17.9 Å². The number of benzene rings is 1. The van der Waals surface area contributed by atoms with Crippen molar-refractivity contribution in [3.8, 4) is 16.9 Å². The predicted molar refractivity (Wildman–Crippen MR) is 112 cm³/mol. The third-order valence-electron chi connectivity index (χ3n) is 5.60. The molecule has 160 valence electrons. The maximum Gasteiger partial charge on any atom is 0.231 e. The molecule has 0 bridgehead atoms. The summed E-state index contributed by atoms with van der Waals surface area (Å²) in [7, 11) is 0. The Labute approximate surface area is 176 Å². The summed E-state index contributed by atoms with van der Waals surface area (Å²) in [6, 6.07) is 5.42. The molecule has 1 fully saturated rings. The molecule has 0 aliphatic heterocycles. The number of rotatable bonds is 6. The van der Waals surface area contributed by atoms with Gasteiger partial charge in [0, 0.05) is 23.2 Å². The summed E-state index contributed by atoms with van der Waals surface area (Å²) in [5.41, 5.74) is 3.30. The molecular weight excluding hydrogens is 404 g/mol. The molecule has 2 N–H and O–H groups in total. The van der Waals surface area contributed by atoms with Gasteiger partial charge in [-0.15, -0.1) is 0 Å². The van der Waals surface area contributed by atoms with Gasteiger partial charge in [0.2, 0.25) is 5.91 Å². The number of anilines is 1. The van der Waals surface area contributed by atoms with Gasteiger partial charge in [-0.1, -0.05) is 6.92 Å². The molecule has 7 nitrogen and oxygen atoms in total. The molecule has 3 aromatic heterocycles. The highest BCUT2D eigenvalue weighted by atomic mass is 19.1. The molecule has 1 saturated carbocycles. The lowest BCUT2D eigenvalue weighted by Gasteiger charge is -2.15. The summed E-state index contributed by atoms with van der Waals surface area (Å²) in [5.74, 6) is -0.824. The van der Waals surface area contributed by atoms with Crippen molar-refractivity contribution >= 4 is 28.1 Å². The van der Waals surface area contributed by atoms with Crippen LogP contribution in [0.5, 0.6) is 5.75 Å². The fourth-order valence-corrected chi connectivity index (χ4v) is 3.97. The molecule has 1 aromatic carbocycles. The van der Waals surface area contributed by atoms with E-state index in [-0.39, 0.29) is 18.1 Å². The van der Waals surface area contributed by atoms with Crippen molar-refractivity contribution in [3.05, 3.63) is 42.0 Å². The van der Waals surface area contributed by atoms with Crippen molar-refractivity contribution in [2.24, 2.45) is 5.92 Å². The number of fused-ring (bicyclic) bond motifs is 2. The van der Waals surface area contributed by atoms with E-state index in [0.29, 0.717) is 35.4 Å². The molecule has 5 rings (SSSR count). The van der Waals surface area contributed by atoms with Crippen LogP contribution in [0.1, 0.15) is 25.8 Å². The highest BCUT2D eigenvalue weighted by Gasteiger charge is 2.43. The SMILES string of the molecule is CCOc1c(F)c(CC)c(-c2ccn3nc(NC(=O)C4CC4F)cc3c2)c2cn[nH]c12. The maximum absolute atomic E-state index is 15.3. The number of ether oxygens (including phenoxy) is 1. The smallest absolute Gasteiger partial charge is 0.231 e. The van der Waals surface area contributed by atoms with Crippen LogP contribution >= 0.6 is 0 Å². The highest BCUT2D eigenvalue weighted by Crippen LogP contribution is 2.40. The van der Waals surface area contributed by atoms with Gasteiger partial charge in [-0.2, -0.15) is 10.2 Å². The summed E-state index contributed by atoms with van der Waals surface area (Å²) >= 11 is 0. The van der Waals surface area contributed by atoms with Gasteiger partial charge in [0.15, 0.2) is 17.4 Å². The van der Waals surface area contributed by atoms with Crippen LogP contribution in [0, 0.1) is 11.7 Å². The monoisotopic (exact) mass is 425 g/mol. The van der Waals surface area contributed by atoms with Gasteiger partial charge in [-0.05, 0) is 43.0 Å². The summed E-state index contributed by atoms with van der Waals surface area (Å²) in [5, 5.41) is 14.7. The lowest BCUT2D eigenvalue weighted by molar-refractivity contribution is -0.117. The Morgan fingerprint density at radius 1 is 1.39 bits per heavy atom. The minimum absolute atomic E-state index is 0.178. The zero-order valence-corrected chi connectivity index (χ0v) is 17.1. The predicted octanol–water partition coefficient (Wildman–Crippen LogP) is 4.27. The standard InChI is InChI=1S/C22H21F2N5O2/c1-3-13-18(15-10-25-27-20(15)21(19(13)24)31-4-2)11-5-6-29-12(7-11)8-17(28-29)26-22(30)14-9-16(14)23/h5-8,10,14,16H,3-4,9H2,1-2H3,(H,25,27)(H,26,28,30). The molecule has 1 aliphatic carbocycles. The number of halogens is 2. The number of nitrogens with one attached hydrogen (secondary N) is 2. The zero-order chi connectivity index (χ0) is 21.7. The van der Waals surface area contributed by atoms with E-state index in [9.17, 15) is 9.18 Å². The first-order valence-electron chi connectivity index (χ1n) is 10.3. The second-order valence-corrected chi connectivity index (χ2v) is 7.60. The molecular formula is C22H21F2N5O2. The van der Waals surface area contributed by atoms with Crippen molar-refractivity contribution in [2.75, 3.05) is 11.9 Å². The van der Waals surface area contributed by atoms with Gasteiger partial charge in [0.25, 0.3) is 0 Å². The summed E-state index contributed by atoms with van der Waals surface area (Å²) in [6.45, 7) is 4.04. The summed E-state index contributed by atoms with van der Waals surface area (Å²) in [4.78, 5) is 12.0. The van der Waals surface area contributed by atoms with Gasteiger partial charge in [-0.25, -0.2) is 13.3 Å². The number of hydrogen-bond acceptors (Lipinski definition) is 4. The second-order valence-electron chi connectivity index (χ2n) is 7.60. The number of aromatic amines is 1. The molecule has 1 aliphatic rings. The number of pyridine rings is 1. The Morgan fingerprint density at radius 3 is 2.90 bits per heavy atom. The van der Waals surface area contributed by atoms with Crippen LogP contribution < -0.4 is 10.1 Å². The molecule has 1 amide bonds. The average molecular weight is 425 g/mol. The van der Waals surface area contributed by atoms with Crippen molar-refractivity contribution in [3.63, 3.8) is 0 Å². The first-order chi connectivity index (χ1) is 15.0. The first-order valence-corrected chi connectivity index (χ1v) is 10.3. The number of hydrogen-bond donors (Lipinski definition) is 2. The van der Waals surface area contributed by atoms with E-state index in [2.05, 4.69) is 20.6 Å². The van der Waals surface area contributed by atoms with E-state index in [4.69, 9.17) is 4.74 Å². The van der Waals surface area contributed by atoms with Crippen molar-refractivity contribution < 1.29 is 18.3 Å². The number of carbonyl (C=O) groups is 1. The lowest BCUT2D eigenvalue weighted by atomic mass is 9.94. The Kier molecular flexibility index (Phi) is 4.60. The normalized spacial score (nSPS) is 17.9. The largest absolute Gasteiger partial charge is 0.489 e. The van der Waals surface area contributed by atoms with Crippen LogP contribution in [0.2, 0.25) is 0 Å². The fraction of sp³-hybridized carbons (Fsp3) is 0.318. The van der Waals surface area contributed by atoms with Gasteiger partial charge in [0.1, 0.15) is 11.7 Å². The highest BCUT2D eigenvalue weighted by molar-refractivity contribution is 6.00. The summed E-state index contributed by atoms with van der Waals surface area (Å²) in [6.07, 6.45) is 3.08. The molecule has 3 heterocycles. The topological polar surface area (TPSA) is 84.3 Å². The Morgan fingerprint density at radius 2 is 2.19 bits per heavy atom. The Bertz CT molecular complexity index is 1310. The number of H-pyrrole nitrogens is 1. The minimum Gasteiger partial charge on any atom is -0.489 e. The van der Waals surface area contributed by atoms with Crippen LogP contribution in [-0.4, -0.2) is 38.5 Å². The van der Waals surface area contributed by atoms with Gasteiger partial charge in [-0.3, -0.25) is 9.89 Å². The van der Waals surface area contributed by atoms with Crippen molar-refractivity contribution in [1.29, 1.82) is 0 Å². The Balaban J connectivity index is 1.60. The zero-order valence-electron chi connectivity index (χ0n) is 17.1. The number of alkyl halides is 1. The first kappa shape index (κ1) is 19.5. The molecule has 0 radical (unpaired) electrons. The van der Waals surface area contributed by atoms with E-state index in [0.717, 1.165) is 16.5 Å². The molecule has 4 aromatic rings. The molecule has 2 atom stereocenters. The molecule has 0 spiro atoms. The molecule has 9 heteroatoms. The van der Waals surface area contributed by atoms with Gasteiger partial charge in [0.05, 0.1) is 24.2 Å². The van der Waals surface area contributed by atoms with Crippen molar-refractivity contribution in [1.82, 2.24) is 19.8 Å². The van der Waals surface area contributed by atoms with Crippen LogP contribution in [-0.2, 0) is 11.2 Å². The van der Waals surface area contributed by atoms with Crippen LogP contribution in [0.3, 0.4) is 0 Å². The molecule has 0 saturated heterocycles. The van der Waals surface area contributed by atoms with E-state index >= 15 is 4.39 Å². The lowest BCUT2D eigenvalue weighted by Crippen LogP contribution is -2.15. The third kappa shape index (κ3) is 3.20. The minimum atomic E-state index is -1.07. The summed E-state index contributed by atoms with van der Waals surface area (Å²) < 4.78 is 35.6. The van der Waals surface area contributed by atoms with E-state index in [1.807, 2.05) is 26.0 Å². The van der Waals surface area contributed by atoms with Crippen LogP contribution in [0.25, 0.3) is 27.5 Å². The number of carbonyl (C=O) groups excluding carboxylic acids is 1. The fourth-order valence-electron chi connectivity index (χ4n) is 3.97. The van der Waals surface area contributed by atoms with E-state index in [1.165, 1.54) is 0 Å². The maximum atomic E-state index is 15.3. The number of amides is 1.